The Morgan fingerprint density at radius 3 is 2.85 bits per heavy atom. The highest BCUT2D eigenvalue weighted by atomic mass is 32.2. The Balaban J connectivity index is 2.98. The number of aldehydes is 1. The highest BCUT2D eigenvalue weighted by Crippen LogP contribution is 2.15. The number of nitrogens with zero attached hydrogens (tertiary/aromatic N) is 2. The van der Waals surface area contributed by atoms with Crippen LogP contribution in [-0.4, -0.2) is 28.3 Å². The topological polar surface area (TPSA) is 59.9 Å². The molecule has 0 amide bonds. The lowest BCUT2D eigenvalue weighted by Gasteiger charge is -2.00. The number of Topliss-reactive ketones (excluding diaryl/α,β-unsaturated/α-hetero) is 1. The lowest BCUT2D eigenvalue weighted by Crippen LogP contribution is -2.05. The molecule has 0 radical (unpaired) electrons. The number of thioether (sulfide) groups is 1. The number of hydrogen-bond acceptors (Lipinski definition) is 5. The van der Waals surface area contributed by atoms with Crippen LogP contribution in [0.25, 0.3) is 0 Å². The Bertz CT molecular complexity index is 328. The van der Waals surface area contributed by atoms with E-state index in [0.717, 1.165) is 0 Å². The molecule has 0 spiro atoms. The minimum absolute atomic E-state index is 0.133. The van der Waals surface area contributed by atoms with Crippen molar-refractivity contribution < 1.29 is 9.59 Å². The van der Waals surface area contributed by atoms with Crippen molar-refractivity contribution in [2.24, 2.45) is 0 Å². The average molecular weight is 196 g/mol. The smallest absolute Gasteiger partial charge is 0.191 e. The third-order valence-electron chi connectivity index (χ3n) is 1.39. The van der Waals surface area contributed by atoms with Crippen LogP contribution in [0.1, 0.15) is 16.9 Å². The molecule has 0 aromatic carbocycles. The maximum Gasteiger partial charge on any atom is 0.191 e. The monoisotopic (exact) mass is 196 g/mol. The molecule has 0 saturated heterocycles. The molecule has 0 atom stereocenters. The molecule has 1 rings (SSSR count). The molecule has 1 aromatic rings. The van der Waals surface area contributed by atoms with Gasteiger partial charge in [0.15, 0.2) is 5.78 Å². The van der Waals surface area contributed by atoms with Gasteiger partial charge in [-0.15, -0.1) is 11.8 Å². The van der Waals surface area contributed by atoms with Crippen molar-refractivity contribution in [1.29, 1.82) is 0 Å². The van der Waals surface area contributed by atoms with Crippen molar-refractivity contribution in [2.75, 3.05) is 6.26 Å². The summed E-state index contributed by atoms with van der Waals surface area (Å²) in [6.07, 6.45) is 5.20. The summed E-state index contributed by atoms with van der Waals surface area (Å²) < 4.78 is 0. The number of carbonyl (C=O) groups is 2. The standard InChI is InChI=1S/C8H8N2O2S/c1-13-8-7(6(12)2-5-11)9-3-4-10-8/h3-5H,2H2,1H3. The number of aromatic nitrogens is 2. The molecule has 0 bridgehead atoms. The largest absolute Gasteiger partial charge is 0.303 e. The van der Waals surface area contributed by atoms with Gasteiger partial charge in [0, 0.05) is 12.4 Å². The van der Waals surface area contributed by atoms with E-state index in [0.29, 0.717) is 11.3 Å². The first-order valence-corrected chi connectivity index (χ1v) is 4.84. The van der Waals surface area contributed by atoms with Crippen LogP contribution in [0.3, 0.4) is 0 Å². The Morgan fingerprint density at radius 1 is 1.54 bits per heavy atom. The molecule has 0 aliphatic rings. The van der Waals surface area contributed by atoms with Gasteiger partial charge in [0.05, 0.1) is 6.42 Å². The highest BCUT2D eigenvalue weighted by molar-refractivity contribution is 7.98. The molecule has 0 aliphatic carbocycles. The first-order valence-electron chi connectivity index (χ1n) is 3.61. The van der Waals surface area contributed by atoms with Gasteiger partial charge < -0.3 is 4.79 Å². The van der Waals surface area contributed by atoms with E-state index < -0.39 is 0 Å². The van der Waals surface area contributed by atoms with Crippen LogP contribution in [0.4, 0.5) is 0 Å². The lowest BCUT2D eigenvalue weighted by molar-refractivity contribution is -0.107. The molecule has 5 heteroatoms. The molecule has 0 N–H and O–H groups in total. The summed E-state index contributed by atoms with van der Waals surface area (Å²) in [5.41, 5.74) is 0.280. The van der Waals surface area contributed by atoms with Crippen LogP contribution in [0.15, 0.2) is 17.4 Å². The van der Waals surface area contributed by atoms with E-state index in [4.69, 9.17) is 0 Å². The normalized spacial score (nSPS) is 9.62. The zero-order valence-corrected chi connectivity index (χ0v) is 7.87. The number of hydrogen-bond donors (Lipinski definition) is 0. The van der Waals surface area contributed by atoms with Crippen LogP contribution < -0.4 is 0 Å². The van der Waals surface area contributed by atoms with Crippen LogP contribution in [0, 0.1) is 0 Å². The second kappa shape index (κ2) is 4.71. The molecule has 4 nitrogen and oxygen atoms in total. The number of ketones is 1. The second-order valence-corrected chi connectivity index (χ2v) is 3.00. The van der Waals surface area contributed by atoms with Gasteiger partial charge >= 0.3 is 0 Å². The van der Waals surface area contributed by atoms with Gasteiger partial charge in [-0.3, -0.25) is 4.79 Å². The van der Waals surface area contributed by atoms with Gasteiger partial charge in [-0.1, -0.05) is 0 Å². The van der Waals surface area contributed by atoms with Crippen LogP contribution in [0.5, 0.6) is 0 Å². The van der Waals surface area contributed by atoms with E-state index in [-0.39, 0.29) is 17.9 Å². The molecular formula is C8H8N2O2S. The molecule has 68 valence electrons. The third kappa shape index (κ3) is 2.35. The zero-order valence-electron chi connectivity index (χ0n) is 7.06. The van der Waals surface area contributed by atoms with Crippen molar-refractivity contribution in [3.05, 3.63) is 18.1 Å². The summed E-state index contributed by atoms with van der Waals surface area (Å²) in [4.78, 5) is 29.2. The third-order valence-corrected chi connectivity index (χ3v) is 2.08. The van der Waals surface area contributed by atoms with Gasteiger partial charge in [-0.25, -0.2) is 9.97 Å². The van der Waals surface area contributed by atoms with E-state index in [1.807, 2.05) is 6.26 Å². The molecular weight excluding hydrogens is 188 g/mol. The highest BCUT2D eigenvalue weighted by Gasteiger charge is 2.12. The van der Waals surface area contributed by atoms with E-state index in [9.17, 15) is 9.59 Å². The fourth-order valence-corrected chi connectivity index (χ4v) is 1.36. The van der Waals surface area contributed by atoms with Crippen LogP contribution >= 0.6 is 11.8 Å². The van der Waals surface area contributed by atoms with Crippen LogP contribution in [0.2, 0.25) is 0 Å². The summed E-state index contributed by atoms with van der Waals surface area (Å²) >= 11 is 1.34. The maximum absolute atomic E-state index is 11.3. The SMILES string of the molecule is CSc1nccnc1C(=O)CC=O. The molecule has 0 fully saturated rings. The van der Waals surface area contributed by atoms with E-state index in [1.54, 1.807) is 0 Å². The van der Waals surface area contributed by atoms with Crippen molar-refractivity contribution in [1.82, 2.24) is 9.97 Å². The Hall–Kier alpha value is -1.23. The first-order chi connectivity index (χ1) is 6.29. The Morgan fingerprint density at radius 2 is 2.23 bits per heavy atom. The fourth-order valence-electron chi connectivity index (χ4n) is 0.838. The predicted octanol–water partition coefficient (Wildman–Crippen LogP) is 0.970. The predicted molar refractivity (Wildman–Crippen MR) is 48.8 cm³/mol. The summed E-state index contributed by atoms with van der Waals surface area (Å²) in [6, 6.07) is 0. The van der Waals surface area contributed by atoms with Gasteiger partial charge in [0.2, 0.25) is 0 Å². The minimum atomic E-state index is -0.285. The fraction of sp³-hybridized carbons (Fsp3) is 0.250. The molecule has 1 aromatic heterocycles. The van der Waals surface area contributed by atoms with E-state index in [1.165, 1.54) is 24.2 Å². The van der Waals surface area contributed by atoms with E-state index in [2.05, 4.69) is 9.97 Å². The van der Waals surface area contributed by atoms with E-state index >= 15 is 0 Å². The van der Waals surface area contributed by atoms with Crippen LogP contribution in [-0.2, 0) is 4.79 Å². The summed E-state index contributed by atoms with van der Waals surface area (Å²) in [5, 5.41) is 0.564. The van der Waals surface area contributed by atoms with Gasteiger partial charge in [0.25, 0.3) is 0 Å². The lowest BCUT2D eigenvalue weighted by atomic mass is 10.2. The molecule has 13 heavy (non-hydrogen) atoms. The number of carbonyl (C=O) groups excluding carboxylic acids is 2. The number of rotatable bonds is 4. The summed E-state index contributed by atoms with van der Waals surface area (Å²) in [6.45, 7) is 0. The molecule has 0 aliphatic heterocycles. The van der Waals surface area contributed by atoms with Crippen molar-refractivity contribution in [2.45, 2.75) is 11.4 Å². The summed E-state index contributed by atoms with van der Waals surface area (Å²) in [7, 11) is 0. The average Bonchev–Trinajstić information content (AvgIpc) is 2.18. The zero-order chi connectivity index (χ0) is 9.68. The van der Waals surface area contributed by atoms with Crippen molar-refractivity contribution >= 4 is 23.8 Å². The molecule has 0 unspecified atom stereocenters. The van der Waals surface area contributed by atoms with Gasteiger partial charge in [-0.2, -0.15) is 0 Å². The first kappa shape index (κ1) is 9.85. The van der Waals surface area contributed by atoms with Gasteiger partial charge in [0.1, 0.15) is 17.0 Å². The quantitative estimate of drug-likeness (QED) is 0.311. The molecule has 1 heterocycles. The maximum atomic E-state index is 11.3. The van der Waals surface area contributed by atoms with Gasteiger partial charge in [-0.05, 0) is 6.26 Å². The minimum Gasteiger partial charge on any atom is -0.303 e. The Labute approximate surface area is 79.8 Å². The van der Waals surface area contributed by atoms with Crippen molar-refractivity contribution in [3.63, 3.8) is 0 Å². The second-order valence-electron chi connectivity index (χ2n) is 2.21. The summed E-state index contributed by atoms with van der Waals surface area (Å²) in [5.74, 6) is -0.285. The Kier molecular flexibility index (Phi) is 3.57. The van der Waals surface area contributed by atoms with Crippen molar-refractivity contribution in [3.8, 4) is 0 Å². The molecule has 0 saturated carbocycles.